The van der Waals surface area contributed by atoms with E-state index in [0.29, 0.717) is 13.0 Å². The number of halogens is 1. The first-order valence-corrected chi connectivity index (χ1v) is 5.42. The third kappa shape index (κ3) is 2.72. The zero-order chi connectivity index (χ0) is 13.0. The lowest BCUT2D eigenvalue weighted by molar-refractivity contribution is -0.384. The molecule has 8 nitrogen and oxygen atoms in total. The number of aromatic nitrogens is 4. The molecule has 18 heavy (non-hydrogen) atoms. The molecule has 0 unspecified atom stereocenters. The fraction of sp³-hybridized carbons (Fsp3) is 0.222. The van der Waals surface area contributed by atoms with Crippen molar-refractivity contribution in [3.05, 3.63) is 39.8 Å². The second-order valence-corrected chi connectivity index (χ2v) is 3.73. The van der Waals surface area contributed by atoms with Crippen molar-refractivity contribution in [2.45, 2.75) is 6.42 Å². The molecule has 2 heterocycles. The first-order valence-electron chi connectivity index (χ1n) is 5.04. The molecular formula is C9H9ClN6O2. The van der Waals surface area contributed by atoms with Crippen LogP contribution in [0.15, 0.2) is 18.9 Å². The molecule has 9 heteroatoms. The topological polar surface area (TPSA) is 110 Å². The number of nitro groups is 1. The highest BCUT2D eigenvalue weighted by Crippen LogP contribution is 2.27. The van der Waals surface area contributed by atoms with Crippen LogP contribution in [0.5, 0.6) is 0 Å². The van der Waals surface area contributed by atoms with Crippen molar-refractivity contribution in [3.8, 4) is 0 Å². The van der Waals surface area contributed by atoms with E-state index in [0.717, 1.165) is 5.69 Å². The Bertz CT molecular complexity index is 544. The molecule has 2 N–H and O–H groups in total. The van der Waals surface area contributed by atoms with Crippen LogP contribution in [0.2, 0.25) is 5.15 Å². The molecule has 0 aliphatic heterocycles. The first-order chi connectivity index (χ1) is 8.68. The second kappa shape index (κ2) is 5.41. The summed E-state index contributed by atoms with van der Waals surface area (Å²) < 4.78 is 0. The van der Waals surface area contributed by atoms with Crippen LogP contribution in [0.3, 0.4) is 0 Å². The minimum Gasteiger partial charge on any atom is -0.364 e. The number of nitrogens with one attached hydrogen (secondary N) is 2. The van der Waals surface area contributed by atoms with Gasteiger partial charge >= 0.3 is 5.69 Å². The Morgan fingerprint density at radius 1 is 1.50 bits per heavy atom. The van der Waals surface area contributed by atoms with E-state index in [1.807, 2.05) is 0 Å². The van der Waals surface area contributed by atoms with Crippen molar-refractivity contribution >= 4 is 23.1 Å². The molecule has 0 fully saturated rings. The van der Waals surface area contributed by atoms with Gasteiger partial charge in [0.1, 0.15) is 6.33 Å². The molecule has 0 saturated heterocycles. The van der Waals surface area contributed by atoms with E-state index in [2.05, 4.69) is 25.3 Å². The van der Waals surface area contributed by atoms with E-state index in [1.54, 1.807) is 12.5 Å². The summed E-state index contributed by atoms with van der Waals surface area (Å²) in [5, 5.41) is 13.5. The summed E-state index contributed by atoms with van der Waals surface area (Å²) in [7, 11) is 0. The Balaban J connectivity index is 2.05. The SMILES string of the molecule is O=[N+]([O-])c1c(Cl)ncnc1NCCc1cnc[nH]1. The van der Waals surface area contributed by atoms with Crippen molar-refractivity contribution < 1.29 is 4.92 Å². The summed E-state index contributed by atoms with van der Waals surface area (Å²) in [6, 6.07) is 0. The average Bonchev–Trinajstić information content (AvgIpc) is 2.81. The fourth-order valence-electron chi connectivity index (χ4n) is 1.39. The van der Waals surface area contributed by atoms with Gasteiger partial charge in [0, 0.05) is 24.9 Å². The van der Waals surface area contributed by atoms with Crippen molar-refractivity contribution in [2.24, 2.45) is 0 Å². The van der Waals surface area contributed by atoms with E-state index in [4.69, 9.17) is 11.6 Å². The maximum atomic E-state index is 10.8. The molecular weight excluding hydrogens is 260 g/mol. The maximum Gasteiger partial charge on any atom is 0.348 e. The number of hydrogen-bond donors (Lipinski definition) is 2. The number of rotatable bonds is 5. The molecule has 94 valence electrons. The lowest BCUT2D eigenvalue weighted by atomic mass is 10.3. The summed E-state index contributed by atoms with van der Waals surface area (Å²) in [5.41, 5.74) is 0.606. The zero-order valence-electron chi connectivity index (χ0n) is 9.13. The Hall–Kier alpha value is -2.22. The van der Waals surface area contributed by atoms with Crippen LogP contribution in [0.4, 0.5) is 11.5 Å². The van der Waals surface area contributed by atoms with E-state index in [1.165, 1.54) is 6.33 Å². The molecule has 0 amide bonds. The zero-order valence-corrected chi connectivity index (χ0v) is 9.89. The largest absolute Gasteiger partial charge is 0.364 e. The summed E-state index contributed by atoms with van der Waals surface area (Å²) >= 11 is 5.65. The summed E-state index contributed by atoms with van der Waals surface area (Å²) in [4.78, 5) is 24.4. The van der Waals surface area contributed by atoms with Crippen LogP contribution in [-0.4, -0.2) is 31.4 Å². The smallest absolute Gasteiger partial charge is 0.348 e. The van der Waals surface area contributed by atoms with Gasteiger partial charge in [-0.25, -0.2) is 15.0 Å². The van der Waals surface area contributed by atoms with Crippen LogP contribution < -0.4 is 5.32 Å². The number of aromatic amines is 1. The molecule has 0 aliphatic rings. The highest BCUT2D eigenvalue weighted by Gasteiger charge is 2.20. The normalized spacial score (nSPS) is 10.3. The van der Waals surface area contributed by atoms with Gasteiger partial charge < -0.3 is 10.3 Å². The maximum absolute atomic E-state index is 10.8. The van der Waals surface area contributed by atoms with E-state index in [9.17, 15) is 10.1 Å². The molecule has 2 rings (SSSR count). The Labute approximate surface area is 107 Å². The van der Waals surface area contributed by atoms with Crippen LogP contribution in [0.1, 0.15) is 5.69 Å². The Morgan fingerprint density at radius 3 is 3.00 bits per heavy atom. The van der Waals surface area contributed by atoms with Crippen molar-refractivity contribution in [1.82, 2.24) is 19.9 Å². The van der Waals surface area contributed by atoms with Crippen molar-refractivity contribution in [1.29, 1.82) is 0 Å². The Morgan fingerprint density at radius 2 is 2.33 bits per heavy atom. The molecule has 0 radical (unpaired) electrons. The molecule has 0 bridgehead atoms. The van der Waals surface area contributed by atoms with Gasteiger partial charge in [0.15, 0.2) is 0 Å². The van der Waals surface area contributed by atoms with E-state index in [-0.39, 0.29) is 16.7 Å². The third-order valence-electron chi connectivity index (χ3n) is 2.20. The van der Waals surface area contributed by atoms with E-state index < -0.39 is 4.92 Å². The summed E-state index contributed by atoms with van der Waals surface area (Å²) in [6.45, 7) is 0.469. The van der Waals surface area contributed by atoms with Gasteiger partial charge in [-0.05, 0) is 0 Å². The minimum absolute atomic E-state index is 0.111. The predicted octanol–water partition coefficient (Wildman–Crippen LogP) is 1.42. The number of hydrogen-bond acceptors (Lipinski definition) is 6. The number of imidazole rings is 1. The van der Waals surface area contributed by atoms with Gasteiger partial charge in [0.05, 0.1) is 11.3 Å². The quantitative estimate of drug-likeness (QED) is 0.482. The van der Waals surface area contributed by atoms with E-state index >= 15 is 0 Å². The van der Waals surface area contributed by atoms with Gasteiger partial charge in [0.2, 0.25) is 11.0 Å². The van der Waals surface area contributed by atoms with Crippen LogP contribution >= 0.6 is 11.6 Å². The highest BCUT2D eigenvalue weighted by atomic mass is 35.5. The molecule has 2 aromatic heterocycles. The third-order valence-corrected chi connectivity index (χ3v) is 2.48. The number of H-pyrrole nitrogens is 1. The lowest BCUT2D eigenvalue weighted by Crippen LogP contribution is -2.09. The van der Waals surface area contributed by atoms with Crippen molar-refractivity contribution in [2.75, 3.05) is 11.9 Å². The van der Waals surface area contributed by atoms with Gasteiger partial charge in [-0.1, -0.05) is 11.6 Å². The monoisotopic (exact) mass is 268 g/mol. The van der Waals surface area contributed by atoms with Gasteiger partial charge in [0.25, 0.3) is 0 Å². The van der Waals surface area contributed by atoms with Crippen LogP contribution in [0.25, 0.3) is 0 Å². The second-order valence-electron chi connectivity index (χ2n) is 3.37. The first kappa shape index (κ1) is 12.2. The average molecular weight is 269 g/mol. The molecule has 0 saturated carbocycles. The molecule has 0 aliphatic carbocycles. The van der Waals surface area contributed by atoms with Gasteiger partial charge in [-0.15, -0.1) is 0 Å². The predicted molar refractivity (Wildman–Crippen MR) is 64.5 cm³/mol. The molecule has 0 atom stereocenters. The summed E-state index contributed by atoms with van der Waals surface area (Å²) in [6.07, 6.45) is 5.06. The number of nitrogens with zero attached hydrogens (tertiary/aromatic N) is 4. The van der Waals surface area contributed by atoms with Gasteiger partial charge in [-0.3, -0.25) is 10.1 Å². The van der Waals surface area contributed by atoms with Crippen LogP contribution in [-0.2, 0) is 6.42 Å². The van der Waals surface area contributed by atoms with Gasteiger partial charge in [-0.2, -0.15) is 0 Å². The molecule has 2 aromatic rings. The van der Waals surface area contributed by atoms with Crippen LogP contribution in [0, 0.1) is 10.1 Å². The number of anilines is 1. The highest BCUT2D eigenvalue weighted by molar-refractivity contribution is 6.31. The minimum atomic E-state index is -0.610. The standard InChI is InChI=1S/C9H9ClN6O2/c10-8-7(16(17)18)9(15-5-14-8)12-2-1-6-3-11-4-13-6/h3-5H,1-2H2,(H,11,13)(H,12,14,15). The van der Waals surface area contributed by atoms with Crippen molar-refractivity contribution in [3.63, 3.8) is 0 Å². The summed E-state index contributed by atoms with van der Waals surface area (Å²) in [5.74, 6) is 0.111. The fourth-order valence-corrected chi connectivity index (χ4v) is 1.59. The molecule has 0 spiro atoms. The molecule has 0 aromatic carbocycles. The Kier molecular flexibility index (Phi) is 3.68. The lowest BCUT2D eigenvalue weighted by Gasteiger charge is -2.05.